The molecule has 1 aromatic heterocycles. The van der Waals surface area contributed by atoms with Gasteiger partial charge in [-0.05, 0) is 18.1 Å². The number of rotatable bonds is 5. The Kier molecular flexibility index (Phi) is 4.19. The Labute approximate surface area is 79.7 Å². The molecule has 1 N–H and O–H groups in total. The van der Waals surface area contributed by atoms with Crippen molar-refractivity contribution in [1.82, 2.24) is 10.3 Å². The summed E-state index contributed by atoms with van der Waals surface area (Å²) in [4.78, 5) is 4.32. The molecule has 1 heterocycles. The van der Waals surface area contributed by atoms with Crippen molar-refractivity contribution in [2.24, 2.45) is 0 Å². The van der Waals surface area contributed by atoms with Gasteiger partial charge in [-0.25, -0.2) is 0 Å². The Hall–Kier alpha value is -1.15. The Morgan fingerprint density at radius 3 is 3.15 bits per heavy atom. The first-order valence-electron chi connectivity index (χ1n) is 4.62. The molecule has 0 aromatic carbocycles. The second-order valence-corrected chi connectivity index (χ2v) is 2.88. The van der Waals surface area contributed by atoms with Crippen LogP contribution in [0.5, 0.6) is 0 Å². The van der Waals surface area contributed by atoms with Gasteiger partial charge in [0.1, 0.15) is 0 Å². The third-order valence-corrected chi connectivity index (χ3v) is 1.95. The molecule has 0 spiro atoms. The van der Waals surface area contributed by atoms with Crippen LogP contribution in [0.3, 0.4) is 0 Å². The van der Waals surface area contributed by atoms with Crippen molar-refractivity contribution in [3.63, 3.8) is 0 Å². The van der Waals surface area contributed by atoms with Crippen LogP contribution in [0.1, 0.15) is 18.2 Å². The fourth-order valence-corrected chi connectivity index (χ4v) is 1.25. The van der Waals surface area contributed by atoms with E-state index in [9.17, 15) is 0 Å². The summed E-state index contributed by atoms with van der Waals surface area (Å²) < 4.78 is 0. The highest BCUT2D eigenvalue weighted by Gasteiger charge is 1.98. The van der Waals surface area contributed by atoms with Crippen LogP contribution in [0.15, 0.2) is 31.0 Å². The number of nitrogens with one attached hydrogen (secondary N) is 1. The van der Waals surface area contributed by atoms with Gasteiger partial charge in [0.2, 0.25) is 0 Å². The van der Waals surface area contributed by atoms with E-state index in [4.69, 9.17) is 0 Å². The van der Waals surface area contributed by atoms with E-state index in [1.807, 2.05) is 18.3 Å². The fraction of sp³-hybridized carbons (Fsp3) is 0.364. The molecule has 0 aliphatic rings. The van der Waals surface area contributed by atoms with Crippen LogP contribution < -0.4 is 5.32 Å². The van der Waals surface area contributed by atoms with Gasteiger partial charge in [0.25, 0.3) is 0 Å². The molecule has 0 radical (unpaired) electrons. The summed E-state index contributed by atoms with van der Waals surface area (Å²) in [7, 11) is 0. The Morgan fingerprint density at radius 1 is 1.62 bits per heavy atom. The van der Waals surface area contributed by atoms with Gasteiger partial charge in [-0.15, -0.1) is 6.58 Å². The molecule has 70 valence electrons. The highest BCUT2D eigenvalue weighted by atomic mass is 14.9. The maximum absolute atomic E-state index is 4.32. The van der Waals surface area contributed by atoms with E-state index in [0.29, 0.717) is 0 Å². The molecule has 0 aliphatic carbocycles. The molecule has 2 nitrogen and oxygen atoms in total. The lowest BCUT2D eigenvalue weighted by Crippen LogP contribution is -2.15. The van der Waals surface area contributed by atoms with Crippen LogP contribution in [0, 0.1) is 0 Å². The average molecular weight is 176 g/mol. The Morgan fingerprint density at radius 2 is 2.46 bits per heavy atom. The maximum Gasteiger partial charge on any atom is 0.0573 e. The average Bonchev–Trinajstić information content (AvgIpc) is 2.19. The summed E-state index contributed by atoms with van der Waals surface area (Å²) in [6.45, 7) is 7.46. The Balaban J connectivity index is 2.58. The molecule has 0 fully saturated rings. The quantitative estimate of drug-likeness (QED) is 0.547. The van der Waals surface area contributed by atoms with Crippen LogP contribution >= 0.6 is 0 Å². The van der Waals surface area contributed by atoms with Crippen molar-refractivity contribution in [1.29, 1.82) is 0 Å². The van der Waals surface area contributed by atoms with E-state index >= 15 is 0 Å². The van der Waals surface area contributed by atoms with E-state index in [1.165, 1.54) is 5.56 Å². The zero-order valence-electron chi connectivity index (χ0n) is 8.09. The fourth-order valence-electron chi connectivity index (χ4n) is 1.25. The smallest absolute Gasteiger partial charge is 0.0573 e. The number of aromatic nitrogens is 1. The van der Waals surface area contributed by atoms with Crippen molar-refractivity contribution in [2.45, 2.75) is 19.9 Å². The van der Waals surface area contributed by atoms with Gasteiger partial charge in [0.05, 0.1) is 5.69 Å². The van der Waals surface area contributed by atoms with Crippen molar-refractivity contribution in [3.8, 4) is 0 Å². The minimum Gasteiger partial charge on any atom is -0.308 e. The van der Waals surface area contributed by atoms with Gasteiger partial charge in [-0.2, -0.15) is 0 Å². The summed E-state index contributed by atoms with van der Waals surface area (Å²) in [6, 6.07) is 4.10. The molecule has 0 aliphatic heterocycles. The summed E-state index contributed by atoms with van der Waals surface area (Å²) in [6.07, 6.45) is 4.73. The topological polar surface area (TPSA) is 24.9 Å². The van der Waals surface area contributed by atoms with Crippen molar-refractivity contribution in [2.75, 3.05) is 6.54 Å². The molecule has 0 bridgehead atoms. The summed E-state index contributed by atoms with van der Waals surface area (Å²) in [5, 5.41) is 3.25. The molecule has 2 heteroatoms. The highest BCUT2D eigenvalue weighted by Crippen LogP contribution is 2.05. The minimum atomic E-state index is 0.829. The maximum atomic E-state index is 4.32. The first-order valence-corrected chi connectivity index (χ1v) is 4.62. The van der Waals surface area contributed by atoms with Crippen LogP contribution in [-0.2, 0) is 13.0 Å². The normalized spacial score (nSPS) is 9.92. The molecule has 0 saturated carbocycles. The van der Waals surface area contributed by atoms with E-state index in [1.54, 1.807) is 0 Å². The molecule has 0 saturated heterocycles. The lowest BCUT2D eigenvalue weighted by molar-refractivity contribution is 0.731. The van der Waals surface area contributed by atoms with Gasteiger partial charge in [0.15, 0.2) is 0 Å². The molecule has 1 rings (SSSR count). The van der Waals surface area contributed by atoms with Crippen molar-refractivity contribution >= 4 is 0 Å². The van der Waals surface area contributed by atoms with Gasteiger partial charge < -0.3 is 5.32 Å². The van der Waals surface area contributed by atoms with Crippen molar-refractivity contribution in [3.05, 3.63) is 42.2 Å². The SMILES string of the molecule is C=CCNCc1ncccc1CC. The van der Waals surface area contributed by atoms with E-state index < -0.39 is 0 Å². The molecule has 0 unspecified atom stereocenters. The van der Waals surface area contributed by atoms with E-state index in [-0.39, 0.29) is 0 Å². The summed E-state index contributed by atoms with van der Waals surface area (Å²) >= 11 is 0. The number of aryl methyl sites for hydroxylation is 1. The number of hydrogen-bond donors (Lipinski definition) is 1. The molecular weight excluding hydrogens is 160 g/mol. The van der Waals surface area contributed by atoms with Crippen LogP contribution in [-0.4, -0.2) is 11.5 Å². The zero-order valence-corrected chi connectivity index (χ0v) is 8.09. The van der Waals surface area contributed by atoms with Gasteiger partial charge in [0, 0.05) is 19.3 Å². The van der Waals surface area contributed by atoms with Gasteiger partial charge in [-0.1, -0.05) is 19.1 Å². The minimum absolute atomic E-state index is 0.829. The van der Waals surface area contributed by atoms with Crippen molar-refractivity contribution < 1.29 is 0 Å². The van der Waals surface area contributed by atoms with Crippen LogP contribution in [0.25, 0.3) is 0 Å². The predicted octanol–water partition coefficient (Wildman–Crippen LogP) is 1.92. The summed E-state index contributed by atoms with van der Waals surface area (Å²) in [5.74, 6) is 0. The molecule has 0 atom stereocenters. The van der Waals surface area contributed by atoms with E-state index in [2.05, 4.69) is 29.9 Å². The van der Waals surface area contributed by atoms with Crippen LogP contribution in [0.2, 0.25) is 0 Å². The summed E-state index contributed by atoms with van der Waals surface area (Å²) in [5.41, 5.74) is 2.46. The number of nitrogens with zero attached hydrogens (tertiary/aromatic N) is 1. The molecule has 13 heavy (non-hydrogen) atoms. The first-order chi connectivity index (χ1) is 6.38. The van der Waals surface area contributed by atoms with Gasteiger partial charge >= 0.3 is 0 Å². The number of hydrogen-bond acceptors (Lipinski definition) is 2. The number of pyridine rings is 1. The van der Waals surface area contributed by atoms with Crippen LogP contribution in [0.4, 0.5) is 0 Å². The highest BCUT2D eigenvalue weighted by molar-refractivity contribution is 5.19. The third kappa shape index (κ3) is 2.99. The van der Waals surface area contributed by atoms with E-state index in [0.717, 1.165) is 25.2 Å². The van der Waals surface area contributed by atoms with Gasteiger partial charge in [-0.3, -0.25) is 4.98 Å². The standard InChI is InChI=1S/C11H16N2/c1-3-7-12-9-11-10(4-2)6-5-8-13-11/h3,5-6,8,12H,1,4,7,9H2,2H3. The molecule has 0 amide bonds. The zero-order chi connectivity index (χ0) is 9.52. The second-order valence-electron chi connectivity index (χ2n) is 2.88. The predicted molar refractivity (Wildman–Crippen MR) is 55.5 cm³/mol. The lowest BCUT2D eigenvalue weighted by atomic mass is 10.1. The molecular formula is C11H16N2. The Bertz CT molecular complexity index is 269. The first kappa shape index (κ1) is 9.93. The third-order valence-electron chi connectivity index (χ3n) is 1.95. The molecule has 1 aromatic rings. The monoisotopic (exact) mass is 176 g/mol. The largest absolute Gasteiger partial charge is 0.308 e. The second kappa shape index (κ2) is 5.49. The lowest BCUT2D eigenvalue weighted by Gasteiger charge is -2.05.